The molecule has 0 spiro atoms. The van der Waals surface area contributed by atoms with Gasteiger partial charge in [0.1, 0.15) is 0 Å². The van der Waals surface area contributed by atoms with Crippen LogP contribution in [0.2, 0.25) is 0 Å². The number of benzene rings is 1. The van der Waals surface area contributed by atoms with Crippen LogP contribution in [-0.2, 0) is 19.5 Å². The molecule has 210 valence electrons. The van der Waals surface area contributed by atoms with Gasteiger partial charge in [0.25, 0.3) is 0 Å². The van der Waals surface area contributed by atoms with E-state index in [1.165, 1.54) is 25.7 Å². The van der Waals surface area contributed by atoms with E-state index in [9.17, 15) is 0 Å². The van der Waals surface area contributed by atoms with E-state index < -0.39 is 0 Å². The van der Waals surface area contributed by atoms with Crippen molar-refractivity contribution in [3.05, 3.63) is 62.8 Å². The van der Waals surface area contributed by atoms with Gasteiger partial charge in [0.05, 0.1) is 0 Å². The van der Waals surface area contributed by atoms with Crippen LogP contribution in [-0.4, -0.2) is 22.6 Å². The SMILES string of the molecule is CC(C)[C@H]1CC[C@@H](C(C)C)P1c1ccccc1P1[C@@H](C(C)C)CC[C@H]1C(C)C.[CH]1[CH][CH][CH][CH][CH]1.[Cl-].[Cl-].[Ru+2]. The summed E-state index contributed by atoms with van der Waals surface area (Å²) >= 11 is 0. The molecule has 0 aromatic heterocycles. The molecule has 0 bridgehead atoms. The first-order chi connectivity index (χ1) is 16.2. The van der Waals surface area contributed by atoms with Crippen LogP contribution in [0, 0.1) is 62.2 Å². The Bertz CT molecular complexity index is 637. The first-order valence-electron chi connectivity index (χ1n) is 13.9. The van der Waals surface area contributed by atoms with E-state index in [1.807, 2.05) is 49.1 Å². The van der Waals surface area contributed by atoms with E-state index in [0.29, 0.717) is 0 Å². The zero-order valence-corrected chi connectivity index (χ0v) is 29.3. The molecule has 2 unspecified atom stereocenters. The van der Waals surface area contributed by atoms with Gasteiger partial charge in [-0.3, -0.25) is 0 Å². The average molecular weight is 669 g/mol. The summed E-state index contributed by atoms with van der Waals surface area (Å²) in [4.78, 5) is 0. The van der Waals surface area contributed by atoms with Gasteiger partial charge in [-0.2, -0.15) is 0 Å². The monoisotopic (exact) mass is 668 g/mol. The summed E-state index contributed by atoms with van der Waals surface area (Å²) < 4.78 is 0. The second-order valence-electron chi connectivity index (χ2n) is 11.9. The second kappa shape index (κ2) is 18.7. The van der Waals surface area contributed by atoms with Crippen molar-refractivity contribution >= 4 is 26.5 Å². The third-order valence-electron chi connectivity index (χ3n) is 8.13. The summed E-state index contributed by atoms with van der Waals surface area (Å²) in [5.74, 6) is 3.28. The molecule has 1 aromatic carbocycles. The molecule has 5 heteroatoms. The van der Waals surface area contributed by atoms with Crippen molar-refractivity contribution in [2.75, 3.05) is 0 Å². The Morgan fingerprint density at radius 2 is 0.703 bits per heavy atom. The van der Waals surface area contributed by atoms with Gasteiger partial charge < -0.3 is 24.8 Å². The predicted octanol–water partition coefficient (Wildman–Crippen LogP) is 2.82. The molecule has 37 heavy (non-hydrogen) atoms. The van der Waals surface area contributed by atoms with Crippen molar-refractivity contribution in [3.8, 4) is 0 Å². The fourth-order valence-corrected chi connectivity index (χ4v) is 14.9. The minimum atomic E-state index is -0.0433. The van der Waals surface area contributed by atoms with Gasteiger partial charge in [-0.15, -0.1) is 0 Å². The Kier molecular flexibility index (Phi) is 19.3. The van der Waals surface area contributed by atoms with Crippen LogP contribution in [0.15, 0.2) is 24.3 Å². The molecule has 0 nitrogen and oxygen atoms in total. The predicted molar refractivity (Wildman–Crippen MR) is 158 cm³/mol. The standard InChI is InChI=1S/C26H44P2.C6H6.2ClH.Ru/c1-17(2)21-13-14-22(18(3)4)27(21)25-11-9-10-12-26(25)28-23(19(5)6)15-16-24(28)20(7)8;1-2-4-6-5-3-1;;;/h9-12,17-24H,13-16H2,1-8H3;1-6H;2*1H;/q;;;;+2/p-2/t21-,22+,23-,24+,27?,28?;;;;. The Morgan fingerprint density at radius 1 is 0.486 bits per heavy atom. The molecule has 6 atom stereocenters. The molecule has 2 heterocycles. The summed E-state index contributed by atoms with van der Waals surface area (Å²) in [7, 11) is -0.0867. The van der Waals surface area contributed by atoms with E-state index in [0.717, 1.165) is 46.3 Å². The quantitative estimate of drug-likeness (QED) is 0.324. The summed E-state index contributed by atoms with van der Waals surface area (Å²) in [6, 6.07) is 9.86. The average Bonchev–Trinajstić information content (AvgIpc) is 3.46. The topological polar surface area (TPSA) is 0 Å². The molecule has 2 saturated heterocycles. The van der Waals surface area contributed by atoms with Crippen LogP contribution in [0.5, 0.6) is 0 Å². The maximum Gasteiger partial charge on any atom is 2.00 e. The Balaban J connectivity index is 0.00000127. The maximum absolute atomic E-state index is 2.58. The van der Waals surface area contributed by atoms with Crippen molar-refractivity contribution < 1.29 is 44.3 Å². The van der Waals surface area contributed by atoms with Crippen molar-refractivity contribution in [2.24, 2.45) is 23.7 Å². The third kappa shape index (κ3) is 9.95. The summed E-state index contributed by atoms with van der Waals surface area (Å²) in [6.07, 6.45) is 17.8. The number of hydrogen-bond acceptors (Lipinski definition) is 0. The van der Waals surface area contributed by atoms with Crippen LogP contribution in [0.1, 0.15) is 81.1 Å². The van der Waals surface area contributed by atoms with Gasteiger partial charge in [-0.25, -0.2) is 0 Å². The van der Waals surface area contributed by atoms with Gasteiger partial charge in [0.15, 0.2) is 0 Å². The number of hydrogen-bond donors (Lipinski definition) is 0. The molecular weight excluding hydrogens is 618 g/mol. The van der Waals surface area contributed by atoms with Gasteiger partial charge >= 0.3 is 19.5 Å². The largest absolute Gasteiger partial charge is 2.00 e. The van der Waals surface area contributed by atoms with Gasteiger partial charge in [-0.1, -0.05) is 95.5 Å². The number of rotatable bonds is 6. The molecular formula is C32H50Cl2P2Ru. The van der Waals surface area contributed by atoms with E-state index >= 15 is 0 Å². The van der Waals surface area contributed by atoms with Crippen molar-refractivity contribution in [1.82, 2.24) is 0 Å². The first-order valence-corrected chi connectivity index (χ1v) is 16.9. The van der Waals surface area contributed by atoms with Crippen LogP contribution in [0.3, 0.4) is 0 Å². The normalized spacial score (nSPS) is 29.4. The second-order valence-corrected chi connectivity index (χ2v) is 17.1. The van der Waals surface area contributed by atoms with Crippen LogP contribution in [0.25, 0.3) is 0 Å². The van der Waals surface area contributed by atoms with Crippen LogP contribution in [0.4, 0.5) is 0 Å². The molecule has 1 aromatic rings. The van der Waals surface area contributed by atoms with Crippen LogP contribution < -0.4 is 35.4 Å². The molecule has 1 aliphatic carbocycles. The third-order valence-corrected chi connectivity index (χ3v) is 16.5. The summed E-state index contributed by atoms with van der Waals surface area (Å²) in [5, 5.41) is 3.66. The fourth-order valence-electron chi connectivity index (χ4n) is 6.35. The fraction of sp³-hybridized carbons (Fsp3) is 0.625. The zero-order chi connectivity index (χ0) is 24.8. The van der Waals surface area contributed by atoms with E-state index in [4.69, 9.17) is 0 Å². The smallest absolute Gasteiger partial charge is 1.00 e. The van der Waals surface area contributed by atoms with Gasteiger partial charge in [0.2, 0.25) is 0 Å². The minimum Gasteiger partial charge on any atom is -1.00 e. The van der Waals surface area contributed by atoms with Crippen LogP contribution >= 0.6 is 15.8 Å². The molecule has 2 aliphatic heterocycles. The van der Waals surface area contributed by atoms with Crippen molar-refractivity contribution in [3.63, 3.8) is 0 Å². The molecule has 3 aliphatic rings. The minimum absolute atomic E-state index is 0. The molecule has 4 rings (SSSR count). The Labute approximate surface area is 259 Å². The zero-order valence-electron chi connectivity index (χ0n) is 24.2. The molecule has 1 saturated carbocycles. The summed E-state index contributed by atoms with van der Waals surface area (Å²) in [5.41, 5.74) is 3.71. The molecule has 0 N–H and O–H groups in total. The Hall–Kier alpha value is 1.28. The molecule has 6 radical (unpaired) electrons. The number of halogens is 2. The Morgan fingerprint density at radius 3 is 0.892 bits per heavy atom. The van der Waals surface area contributed by atoms with E-state index in [-0.39, 0.29) is 60.1 Å². The van der Waals surface area contributed by atoms with E-state index in [2.05, 4.69) is 79.7 Å². The van der Waals surface area contributed by atoms with E-state index in [1.54, 1.807) is 0 Å². The van der Waals surface area contributed by atoms with Gasteiger partial charge in [0, 0.05) is 0 Å². The van der Waals surface area contributed by atoms with Crippen molar-refractivity contribution in [1.29, 1.82) is 0 Å². The van der Waals surface area contributed by atoms with Crippen molar-refractivity contribution in [2.45, 2.75) is 104 Å². The summed E-state index contributed by atoms with van der Waals surface area (Å²) in [6.45, 7) is 19.9. The first kappa shape index (κ1) is 38.3. The maximum atomic E-state index is 2.58. The molecule has 3 fully saturated rings. The molecule has 0 amide bonds. The van der Waals surface area contributed by atoms with Gasteiger partial charge in [-0.05, 0) is 121 Å².